The van der Waals surface area contributed by atoms with Gasteiger partial charge in [0.25, 0.3) is 11.7 Å². The molecule has 3 amide bonds. The molecule has 0 saturated heterocycles. The number of esters is 1. The van der Waals surface area contributed by atoms with Gasteiger partial charge in [0.2, 0.25) is 0 Å². The van der Waals surface area contributed by atoms with E-state index in [2.05, 4.69) is 10.6 Å². The van der Waals surface area contributed by atoms with E-state index < -0.39 is 23.4 Å². The molecule has 0 fully saturated rings. The number of nitrogens with zero attached hydrogens (tertiary/aromatic N) is 2. The minimum absolute atomic E-state index is 0.0425. The Hall–Kier alpha value is -2.90. The van der Waals surface area contributed by atoms with E-state index in [9.17, 15) is 14.4 Å². The molecule has 8 nitrogen and oxygen atoms in total. The molecule has 8 heteroatoms. The first-order chi connectivity index (χ1) is 13.1. The summed E-state index contributed by atoms with van der Waals surface area (Å²) in [6.07, 6.45) is 0. The minimum atomic E-state index is -0.540. The highest BCUT2D eigenvalue weighted by molar-refractivity contribution is 5.96. The summed E-state index contributed by atoms with van der Waals surface area (Å²) < 4.78 is 8.91. The number of amides is 3. The fourth-order valence-electron chi connectivity index (χ4n) is 3.08. The van der Waals surface area contributed by atoms with E-state index in [0.717, 1.165) is 16.9 Å². The van der Waals surface area contributed by atoms with E-state index in [4.69, 9.17) is 4.74 Å². The average Bonchev–Trinajstić information content (AvgIpc) is 2.84. The highest BCUT2D eigenvalue weighted by atomic mass is 16.5. The first kappa shape index (κ1) is 21.4. The maximum Gasteiger partial charge on any atom is 0.338 e. The van der Waals surface area contributed by atoms with Crippen LogP contribution in [0.5, 0.6) is 0 Å². The van der Waals surface area contributed by atoms with Gasteiger partial charge in [0, 0.05) is 18.5 Å². The van der Waals surface area contributed by atoms with Gasteiger partial charge in [-0.2, -0.15) is 0 Å². The number of nitrogens with one attached hydrogen (secondary N) is 2. The van der Waals surface area contributed by atoms with Crippen LogP contribution in [0.1, 0.15) is 50.8 Å². The molecule has 0 radical (unpaired) electrons. The highest BCUT2D eigenvalue weighted by Crippen LogP contribution is 2.17. The van der Waals surface area contributed by atoms with Crippen molar-refractivity contribution in [2.24, 2.45) is 0 Å². The van der Waals surface area contributed by atoms with Crippen molar-refractivity contribution in [3.8, 4) is 0 Å². The van der Waals surface area contributed by atoms with Gasteiger partial charge in [0.05, 0.1) is 18.7 Å². The first-order valence-electron chi connectivity index (χ1n) is 9.39. The molecule has 2 rings (SSSR count). The second kappa shape index (κ2) is 8.41. The quantitative estimate of drug-likeness (QED) is 0.605. The maximum atomic E-state index is 12.4. The zero-order chi connectivity index (χ0) is 21.1. The predicted octanol–water partition coefficient (Wildman–Crippen LogP) is 2.06. The zero-order valence-corrected chi connectivity index (χ0v) is 17.4. The first-order valence-corrected chi connectivity index (χ1v) is 9.39. The van der Waals surface area contributed by atoms with E-state index in [1.165, 1.54) is 0 Å². The number of hydrogen-bond donors (Lipinski definition) is 2. The number of urea groups is 1. The van der Waals surface area contributed by atoms with Crippen LogP contribution in [-0.4, -0.2) is 34.6 Å². The van der Waals surface area contributed by atoms with Crippen LogP contribution >= 0.6 is 0 Å². The van der Waals surface area contributed by atoms with Crippen molar-refractivity contribution in [1.29, 1.82) is 0 Å². The lowest BCUT2D eigenvalue weighted by Crippen LogP contribution is -2.49. The van der Waals surface area contributed by atoms with Crippen LogP contribution in [0.2, 0.25) is 0 Å². The van der Waals surface area contributed by atoms with Gasteiger partial charge in [-0.05, 0) is 46.8 Å². The van der Waals surface area contributed by atoms with E-state index in [-0.39, 0.29) is 13.2 Å². The number of carbonyl (C=O) groups excluding carboxylic acids is 3. The third-order valence-electron chi connectivity index (χ3n) is 4.21. The van der Waals surface area contributed by atoms with E-state index in [1.807, 2.05) is 45.3 Å². The molecular weight excluding hydrogens is 360 g/mol. The Bertz CT molecular complexity index is 909. The number of benzene rings is 1. The Morgan fingerprint density at radius 2 is 1.86 bits per heavy atom. The van der Waals surface area contributed by atoms with Crippen LogP contribution < -0.4 is 15.2 Å². The normalized spacial score (nSPS) is 11.4. The lowest BCUT2D eigenvalue weighted by molar-refractivity contribution is -0.674. The third kappa shape index (κ3) is 4.88. The van der Waals surface area contributed by atoms with Crippen LogP contribution in [0.25, 0.3) is 11.0 Å². The third-order valence-corrected chi connectivity index (χ3v) is 4.21. The van der Waals surface area contributed by atoms with Gasteiger partial charge >= 0.3 is 12.0 Å². The number of imidazole rings is 1. The molecule has 0 aliphatic carbocycles. The monoisotopic (exact) mass is 389 g/mol. The molecule has 2 N–H and O–H groups in total. The Balaban J connectivity index is 2.35. The second-order valence-corrected chi connectivity index (χ2v) is 7.55. The maximum absolute atomic E-state index is 12.4. The molecule has 0 saturated carbocycles. The molecule has 1 aromatic carbocycles. The molecule has 0 bridgehead atoms. The van der Waals surface area contributed by atoms with Crippen molar-refractivity contribution in [2.75, 3.05) is 6.61 Å². The number of imide groups is 1. The van der Waals surface area contributed by atoms with Gasteiger partial charge in [0.1, 0.15) is 0 Å². The summed E-state index contributed by atoms with van der Waals surface area (Å²) in [5.41, 5.74) is 1.61. The summed E-state index contributed by atoms with van der Waals surface area (Å²) in [6, 6.07) is 4.74. The number of rotatable bonds is 5. The Morgan fingerprint density at radius 3 is 2.43 bits per heavy atom. The summed E-state index contributed by atoms with van der Waals surface area (Å²) in [7, 11) is 0. The SMILES string of the molecule is CCOC(=O)c1ccc2c(c1)n(CC(=O)NC(=O)NC(C)(C)C)c(C)[n+]2CC. The van der Waals surface area contributed by atoms with Crippen molar-refractivity contribution >= 4 is 28.9 Å². The number of ether oxygens (including phenoxy) is 1. The van der Waals surface area contributed by atoms with Gasteiger partial charge in [-0.15, -0.1) is 0 Å². The molecule has 28 heavy (non-hydrogen) atoms. The van der Waals surface area contributed by atoms with Crippen molar-refractivity contribution < 1.29 is 23.7 Å². The van der Waals surface area contributed by atoms with Crippen LogP contribution in [0.15, 0.2) is 18.2 Å². The molecule has 0 spiro atoms. The van der Waals surface area contributed by atoms with Gasteiger partial charge in [-0.1, -0.05) is 0 Å². The van der Waals surface area contributed by atoms with E-state index >= 15 is 0 Å². The fraction of sp³-hybridized carbons (Fsp3) is 0.500. The largest absolute Gasteiger partial charge is 0.462 e. The summed E-state index contributed by atoms with van der Waals surface area (Å²) in [5.74, 6) is 0.00304. The molecule has 152 valence electrons. The number of carbonyl (C=O) groups is 3. The van der Waals surface area contributed by atoms with Crippen molar-refractivity contribution in [3.63, 3.8) is 0 Å². The van der Waals surface area contributed by atoms with Crippen LogP contribution in [0.3, 0.4) is 0 Å². The molecular formula is C20H29N4O4+. The lowest BCUT2D eigenvalue weighted by atomic mass is 10.1. The number of fused-ring (bicyclic) bond motifs is 1. The smallest absolute Gasteiger partial charge is 0.338 e. The van der Waals surface area contributed by atoms with Gasteiger partial charge < -0.3 is 10.1 Å². The number of hydrogen-bond acceptors (Lipinski definition) is 4. The Labute approximate surface area is 164 Å². The Kier molecular flexibility index (Phi) is 6.43. The predicted molar refractivity (Wildman–Crippen MR) is 105 cm³/mol. The summed E-state index contributed by atoms with van der Waals surface area (Å²) in [4.78, 5) is 36.5. The molecule has 0 atom stereocenters. The van der Waals surface area contributed by atoms with Gasteiger partial charge in [-0.3, -0.25) is 10.1 Å². The number of aromatic nitrogens is 2. The summed E-state index contributed by atoms with van der Waals surface area (Å²) in [6.45, 7) is 12.1. The van der Waals surface area contributed by atoms with Gasteiger partial charge in [0.15, 0.2) is 17.6 Å². The topological polar surface area (TPSA) is 93.3 Å². The van der Waals surface area contributed by atoms with Crippen LogP contribution in [-0.2, 0) is 22.6 Å². The second-order valence-electron chi connectivity index (χ2n) is 7.55. The highest BCUT2D eigenvalue weighted by Gasteiger charge is 2.25. The zero-order valence-electron chi connectivity index (χ0n) is 17.4. The summed E-state index contributed by atoms with van der Waals surface area (Å²) >= 11 is 0. The van der Waals surface area contributed by atoms with Gasteiger partial charge in [-0.25, -0.2) is 18.7 Å². The average molecular weight is 389 g/mol. The lowest BCUT2D eigenvalue weighted by Gasteiger charge is -2.20. The fourth-order valence-corrected chi connectivity index (χ4v) is 3.08. The van der Waals surface area contributed by atoms with Crippen molar-refractivity contribution in [3.05, 3.63) is 29.6 Å². The molecule has 0 unspecified atom stereocenters. The summed E-state index contributed by atoms with van der Waals surface area (Å²) in [5, 5.41) is 5.05. The molecule has 1 aromatic heterocycles. The molecule has 2 aromatic rings. The standard InChI is InChI=1S/C20H28N4O4/c1-7-23-13(3)24(12-17(25)21-19(27)22-20(4,5)6)16-11-14(9-10-15(16)23)18(26)28-8-2/h9-11H,7-8,12H2,1-6H3,(H-,21,22,25,27)/p+1. The minimum Gasteiger partial charge on any atom is -0.462 e. The van der Waals surface area contributed by atoms with Crippen LogP contribution in [0.4, 0.5) is 4.79 Å². The molecule has 0 aliphatic rings. The van der Waals surface area contributed by atoms with E-state index in [0.29, 0.717) is 12.1 Å². The van der Waals surface area contributed by atoms with Crippen molar-refractivity contribution in [2.45, 2.75) is 60.2 Å². The van der Waals surface area contributed by atoms with Crippen molar-refractivity contribution in [1.82, 2.24) is 15.2 Å². The Morgan fingerprint density at radius 1 is 1.18 bits per heavy atom. The molecule has 1 heterocycles. The van der Waals surface area contributed by atoms with E-state index in [1.54, 1.807) is 23.6 Å². The number of aryl methyl sites for hydroxylation is 1. The molecule has 0 aliphatic heterocycles. The van der Waals surface area contributed by atoms with Crippen LogP contribution in [0, 0.1) is 6.92 Å².